The first kappa shape index (κ1) is 11.5. The summed E-state index contributed by atoms with van der Waals surface area (Å²) in [5, 5.41) is 13.5. The zero-order valence-electron chi connectivity index (χ0n) is 10.5. The van der Waals surface area contributed by atoms with Crippen LogP contribution in [0.25, 0.3) is 10.9 Å². The Hall–Kier alpha value is -2.62. The molecule has 1 heterocycles. The monoisotopic (exact) mass is 251 g/mol. The quantitative estimate of drug-likeness (QED) is 0.733. The highest BCUT2D eigenvalue weighted by atomic mass is 16.3. The Labute approximate surface area is 110 Å². The minimum atomic E-state index is 0.210. The number of aryl methyl sites for hydroxylation is 1. The average molecular weight is 251 g/mol. The number of rotatable bonds is 2. The highest BCUT2D eigenvalue weighted by molar-refractivity contribution is 5.82. The highest BCUT2D eigenvalue weighted by Gasteiger charge is 2.03. The van der Waals surface area contributed by atoms with Crippen molar-refractivity contribution in [1.29, 1.82) is 0 Å². The summed E-state index contributed by atoms with van der Waals surface area (Å²) in [4.78, 5) is 8.76. The van der Waals surface area contributed by atoms with Crippen LogP contribution in [-0.2, 0) is 0 Å². The number of aromatic hydroxyl groups is 1. The standard InChI is InChI=1S/C15H13N3O/c1-10-4-2-5-11-9-16-15(18-14(10)11)17-12-6-3-7-13(19)8-12/h2-9,19H,1H3,(H,16,17,18). The summed E-state index contributed by atoms with van der Waals surface area (Å²) in [5.41, 5.74) is 2.80. The lowest BCUT2D eigenvalue weighted by molar-refractivity contribution is 0.475. The summed E-state index contributed by atoms with van der Waals surface area (Å²) in [5.74, 6) is 0.731. The smallest absolute Gasteiger partial charge is 0.227 e. The molecular weight excluding hydrogens is 238 g/mol. The Kier molecular flexibility index (Phi) is 2.76. The Bertz CT molecular complexity index is 740. The lowest BCUT2D eigenvalue weighted by Crippen LogP contribution is -1.97. The fourth-order valence-corrected chi connectivity index (χ4v) is 1.98. The highest BCUT2D eigenvalue weighted by Crippen LogP contribution is 2.21. The normalized spacial score (nSPS) is 10.6. The molecule has 2 N–H and O–H groups in total. The molecule has 3 rings (SSSR count). The maximum atomic E-state index is 9.43. The van der Waals surface area contributed by atoms with Gasteiger partial charge in [-0.3, -0.25) is 0 Å². The largest absolute Gasteiger partial charge is 0.508 e. The van der Waals surface area contributed by atoms with Gasteiger partial charge in [-0.1, -0.05) is 24.3 Å². The lowest BCUT2D eigenvalue weighted by atomic mass is 10.1. The van der Waals surface area contributed by atoms with Crippen molar-refractivity contribution in [2.45, 2.75) is 6.92 Å². The number of nitrogens with one attached hydrogen (secondary N) is 1. The molecule has 0 radical (unpaired) electrons. The van der Waals surface area contributed by atoms with Crippen LogP contribution >= 0.6 is 0 Å². The van der Waals surface area contributed by atoms with Gasteiger partial charge < -0.3 is 10.4 Å². The van der Waals surface area contributed by atoms with Gasteiger partial charge in [0.15, 0.2) is 0 Å². The van der Waals surface area contributed by atoms with Crippen LogP contribution < -0.4 is 5.32 Å². The number of para-hydroxylation sites is 1. The van der Waals surface area contributed by atoms with E-state index in [2.05, 4.69) is 15.3 Å². The molecule has 1 aromatic heterocycles. The summed E-state index contributed by atoms with van der Waals surface area (Å²) >= 11 is 0. The lowest BCUT2D eigenvalue weighted by Gasteiger charge is -2.07. The summed E-state index contributed by atoms with van der Waals surface area (Å²) in [6, 6.07) is 12.9. The van der Waals surface area contributed by atoms with Crippen molar-refractivity contribution in [1.82, 2.24) is 9.97 Å². The van der Waals surface area contributed by atoms with Crippen LogP contribution in [0.2, 0.25) is 0 Å². The molecule has 0 saturated carbocycles. The second kappa shape index (κ2) is 4.57. The first-order valence-electron chi connectivity index (χ1n) is 6.01. The fourth-order valence-electron chi connectivity index (χ4n) is 1.98. The van der Waals surface area contributed by atoms with Crippen LogP contribution in [0.5, 0.6) is 5.75 Å². The fraction of sp³-hybridized carbons (Fsp3) is 0.0667. The van der Waals surface area contributed by atoms with Gasteiger partial charge in [0.05, 0.1) is 5.52 Å². The molecule has 2 aromatic carbocycles. The Morgan fingerprint density at radius 1 is 1.11 bits per heavy atom. The average Bonchev–Trinajstić information content (AvgIpc) is 2.40. The third-order valence-electron chi connectivity index (χ3n) is 2.91. The zero-order valence-corrected chi connectivity index (χ0v) is 10.5. The van der Waals surface area contributed by atoms with E-state index in [0.29, 0.717) is 5.95 Å². The van der Waals surface area contributed by atoms with E-state index >= 15 is 0 Å². The van der Waals surface area contributed by atoms with Crippen molar-refractivity contribution in [2.75, 3.05) is 5.32 Å². The molecule has 3 aromatic rings. The third-order valence-corrected chi connectivity index (χ3v) is 2.91. The number of nitrogens with zero attached hydrogens (tertiary/aromatic N) is 2. The van der Waals surface area contributed by atoms with E-state index in [9.17, 15) is 5.11 Å². The first-order chi connectivity index (χ1) is 9.22. The van der Waals surface area contributed by atoms with Crippen molar-refractivity contribution in [3.63, 3.8) is 0 Å². The summed E-state index contributed by atoms with van der Waals surface area (Å²) < 4.78 is 0. The van der Waals surface area contributed by atoms with Gasteiger partial charge in [-0.15, -0.1) is 0 Å². The van der Waals surface area contributed by atoms with Crippen molar-refractivity contribution in [3.05, 3.63) is 54.2 Å². The molecule has 4 nitrogen and oxygen atoms in total. The van der Waals surface area contributed by atoms with Crippen molar-refractivity contribution in [2.24, 2.45) is 0 Å². The summed E-state index contributed by atoms with van der Waals surface area (Å²) in [7, 11) is 0. The summed E-state index contributed by atoms with van der Waals surface area (Å²) in [6.07, 6.45) is 1.79. The predicted octanol–water partition coefficient (Wildman–Crippen LogP) is 3.39. The number of aromatic nitrogens is 2. The van der Waals surface area contributed by atoms with E-state index in [1.54, 1.807) is 24.4 Å². The van der Waals surface area contributed by atoms with Gasteiger partial charge in [-0.2, -0.15) is 0 Å². The second-order valence-electron chi connectivity index (χ2n) is 4.38. The second-order valence-corrected chi connectivity index (χ2v) is 4.38. The number of phenols is 1. The maximum Gasteiger partial charge on any atom is 0.227 e. The number of hydrogen-bond acceptors (Lipinski definition) is 4. The Balaban J connectivity index is 2.00. The number of phenolic OH excluding ortho intramolecular Hbond substituents is 1. The minimum Gasteiger partial charge on any atom is -0.508 e. The molecule has 0 fully saturated rings. The van der Waals surface area contributed by atoms with Gasteiger partial charge >= 0.3 is 0 Å². The SMILES string of the molecule is Cc1cccc2cnc(Nc3cccc(O)c3)nc12. The zero-order chi connectivity index (χ0) is 13.2. The molecule has 0 unspecified atom stereocenters. The number of fused-ring (bicyclic) bond motifs is 1. The Morgan fingerprint density at radius 2 is 1.95 bits per heavy atom. The summed E-state index contributed by atoms with van der Waals surface area (Å²) in [6.45, 7) is 2.02. The van der Waals surface area contributed by atoms with Gasteiger partial charge in [0.1, 0.15) is 5.75 Å². The van der Waals surface area contributed by atoms with Crippen molar-refractivity contribution >= 4 is 22.5 Å². The van der Waals surface area contributed by atoms with E-state index in [0.717, 1.165) is 22.2 Å². The molecule has 0 bridgehead atoms. The van der Waals surface area contributed by atoms with Crippen LogP contribution in [0.1, 0.15) is 5.56 Å². The molecule has 0 saturated heterocycles. The van der Waals surface area contributed by atoms with Gasteiger partial charge in [-0.25, -0.2) is 9.97 Å². The molecular formula is C15H13N3O. The predicted molar refractivity (Wildman–Crippen MR) is 75.7 cm³/mol. The molecule has 4 heteroatoms. The van der Waals surface area contributed by atoms with Crippen molar-refractivity contribution in [3.8, 4) is 5.75 Å². The van der Waals surface area contributed by atoms with Crippen LogP contribution in [0.3, 0.4) is 0 Å². The van der Waals surface area contributed by atoms with Crippen molar-refractivity contribution < 1.29 is 5.11 Å². The topological polar surface area (TPSA) is 58.0 Å². The number of hydrogen-bond donors (Lipinski definition) is 2. The van der Waals surface area contributed by atoms with E-state index < -0.39 is 0 Å². The van der Waals surface area contributed by atoms with Crippen LogP contribution in [-0.4, -0.2) is 15.1 Å². The Morgan fingerprint density at radius 3 is 2.79 bits per heavy atom. The van der Waals surface area contributed by atoms with E-state index in [1.165, 1.54) is 0 Å². The number of benzene rings is 2. The van der Waals surface area contributed by atoms with Gasteiger partial charge in [-0.05, 0) is 24.6 Å². The first-order valence-corrected chi connectivity index (χ1v) is 6.01. The molecule has 19 heavy (non-hydrogen) atoms. The minimum absolute atomic E-state index is 0.210. The maximum absolute atomic E-state index is 9.43. The molecule has 0 amide bonds. The molecule has 0 spiro atoms. The number of anilines is 2. The van der Waals surface area contributed by atoms with E-state index in [1.807, 2.05) is 31.2 Å². The van der Waals surface area contributed by atoms with Crippen LogP contribution in [0, 0.1) is 6.92 Å². The van der Waals surface area contributed by atoms with Crippen LogP contribution in [0.4, 0.5) is 11.6 Å². The van der Waals surface area contributed by atoms with Gasteiger partial charge in [0, 0.05) is 23.3 Å². The molecule has 0 aliphatic carbocycles. The third kappa shape index (κ3) is 2.33. The van der Waals surface area contributed by atoms with Gasteiger partial charge in [0.2, 0.25) is 5.95 Å². The molecule has 0 aliphatic heterocycles. The van der Waals surface area contributed by atoms with Gasteiger partial charge in [0.25, 0.3) is 0 Å². The molecule has 0 aliphatic rings. The van der Waals surface area contributed by atoms with E-state index in [4.69, 9.17) is 0 Å². The molecule has 0 atom stereocenters. The van der Waals surface area contributed by atoms with Crippen LogP contribution in [0.15, 0.2) is 48.7 Å². The van der Waals surface area contributed by atoms with E-state index in [-0.39, 0.29) is 5.75 Å². The molecule has 94 valence electrons.